The first-order chi connectivity index (χ1) is 10.7. The number of amides is 1. The van der Waals surface area contributed by atoms with E-state index in [2.05, 4.69) is 20.7 Å². The van der Waals surface area contributed by atoms with Crippen LogP contribution in [0.2, 0.25) is 5.02 Å². The molecule has 0 aliphatic rings. The van der Waals surface area contributed by atoms with Crippen molar-refractivity contribution in [3.05, 3.63) is 51.3 Å². The number of sulfonamides is 1. The number of carbonyl (C=O) groups excluding carboxylic acids is 1. The summed E-state index contributed by atoms with van der Waals surface area (Å²) in [7, 11) is -1.87. The SMILES string of the molecule is CN(Cc1ccc(Br)o1)C(=O)c1ccc(Cl)c(NS(C)(=O)=O)c1. The van der Waals surface area contributed by atoms with E-state index in [1.54, 1.807) is 19.2 Å². The lowest BCUT2D eigenvalue weighted by Crippen LogP contribution is -2.26. The quantitative estimate of drug-likeness (QED) is 0.803. The summed E-state index contributed by atoms with van der Waals surface area (Å²) in [5.74, 6) is 0.335. The van der Waals surface area contributed by atoms with Gasteiger partial charge in [-0.25, -0.2) is 8.42 Å². The molecule has 0 saturated heterocycles. The molecular formula is C14H14BrClN2O4S. The molecule has 0 radical (unpaired) electrons. The number of anilines is 1. The molecule has 0 spiro atoms. The average molecular weight is 422 g/mol. The number of rotatable bonds is 5. The summed E-state index contributed by atoms with van der Waals surface area (Å²) in [5, 5.41) is 0.213. The molecule has 1 heterocycles. The van der Waals surface area contributed by atoms with Crippen molar-refractivity contribution in [2.45, 2.75) is 6.54 Å². The maximum absolute atomic E-state index is 12.4. The summed E-state index contributed by atoms with van der Waals surface area (Å²) in [6.07, 6.45) is 1.01. The van der Waals surface area contributed by atoms with Crippen LogP contribution in [0.25, 0.3) is 0 Å². The Morgan fingerprint density at radius 2 is 2.04 bits per heavy atom. The van der Waals surface area contributed by atoms with Gasteiger partial charge in [-0.3, -0.25) is 9.52 Å². The highest BCUT2D eigenvalue weighted by Gasteiger charge is 2.16. The average Bonchev–Trinajstić information content (AvgIpc) is 2.84. The van der Waals surface area contributed by atoms with Crippen molar-refractivity contribution < 1.29 is 17.6 Å². The Balaban J connectivity index is 2.20. The highest BCUT2D eigenvalue weighted by atomic mass is 79.9. The fourth-order valence-electron chi connectivity index (χ4n) is 1.90. The molecule has 0 bridgehead atoms. The number of carbonyl (C=O) groups is 1. The van der Waals surface area contributed by atoms with E-state index in [9.17, 15) is 13.2 Å². The number of furan rings is 1. The Kier molecular flexibility index (Phi) is 5.38. The van der Waals surface area contributed by atoms with Gasteiger partial charge in [0.15, 0.2) is 4.67 Å². The Bertz CT molecular complexity index is 835. The molecule has 0 aliphatic carbocycles. The number of nitrogens with one attached hydrogen (secondary N) is 1. The largest absolute Gasteiger partial charge is 0.452 e. The van der Waals surface area contributed by atoms with E-state index in [0.29, 0.717) is 16.0 Å². The minimum Gasteiger partial charge on any atom is -0.452 e. The number of halogens is 2. The smallest absolute Gasteiger partial charge is 0.254 e. The van der Waals surface area contributed by atoms with E-state index >= 15 is 0 Å². The maximum Gasteiger partial charge on any atom is 0.254 e. The number of hydrogen-bond acceptors (Lipinski definition) is 4. The van der Waals surface area contributed by atoms with Gasteiger partial charge >= 0.3 is 0 Å². The number of nitrogens with zero attached hydrogens (tertiary/aromatic N) is 1. The lowest BCUT2D eigenvalue weighted by Gasteiger charge is -2.17. The van der Waals surface area contributed by atoms with Crippen LogP contribution in [0.3, 0.4) is 0 Å². The molecular weight excluding hydrogens is 408 g/mol. The third-order valence-electron chi connectivity index (χ3n) is 2.88. The zero-order valence-corrected chi connectivity index (χ0v) is 15.5. The molecule has 0 aliphatic heterocycles. The number of hydrogen-bond donors (Lipinski definition) is 1. The zero-order valence-electron chi connectivity index (χ0n) is 12.3. The van der Waals surface area contributed by atoms with Gasteiger partial charge in [0.2, 0.25) is 10.0 Å². The summed E-state index contributed by atoms with van der Waals surface area (Å²) < 4.78 is 30.9. The van der Waals surface area contributed by atoms with Gasteiger partial charge in [0.25, 0.3) is 5.91 Å². The first kappa shape index (κ1) is 17.8. The molecule has 6 nitrogen and oxygen atoms in total. The zero-order chi connectivity index (χ0) is 17.2. The van der Waals surface area contributed by atoms with Gasteiger partial charge in [-0.05, 0) is 46.3 Å². The molecule has 23 heavy (non-hydrogen) atoms. The summed E-state index contributed by atoms with van der Waals surface area (Å²) >= 11 is 9.15. The minimum absolute atomic E-state index is 0.161. The van der Waals surface area contributed by atoms with Crippen LogP contribution in [-0.4, -0.2) is 32.5 Å². The molecule has 9 heteroatoms. The Labute approximate surface area is 147 Å². The van der Waals surface area contributed by atoms with Crippen molar-refractivity contribution in [1.82, 2.24) is 4.90 Å². The van der Waals surface area contributed by atoms with Crippen LogP contribution in [0.5, 0.6) is 0 Å². The summed E-state index contributed by atoms with van der Waals surface area (Å²) in [6, 6.07) is 7.91. The first-order valence-corrected chi connectivity index (χ1v) is 9.49. The number of benzene rings is 1. The first-order valence-electron chi connectivity index (χ1n) is 6.43. The van der Waals surface area contributed by atoms with Crippen molar-refractivity contribution in [3.8, 4) is 0 Å². The summed E-state index contributed by atoms with van der Waals surface area (Å²) in [4.78, 5) is 13.9. The van der Waals surface area contributed by atoms with Gasteiger partial charge < -0.3 is 9.32 Å². The third kappa shape index (κ3) is 4.98. The van der Waals surface area contributed by atoms with Crippen LogP contribution in [0.1, 0.15) is 16.1 Å². The highest BCUT2D eigenvalue weighted by Crippen LogP contribution is 2.25. The predicted octanol–water partition coefficient (Wildman–Crippen LogP) is 3.34. The predicted molar refractivity (Wildman–Crippen MR) is 92.1 cm³/mol. The lowest BCUT2D eigenvalue weighted by atomic mass is 10.2. The molecule has 0 fully saturated rings. The van der Waals surface area contributed by atoms with Crippen molar-refractivity contribution >= 4 is 49.1 Å². The van der Waals surface area contributed by atoms with E-state index in [4.69, 9.17) is 16.0 Å². The van der Waals surface area contributed by atoms with Crippen LogP contribution in [0.15, 0.2) is 39.4 Å². The van der Waals surface area contributed by atoms with Crippen LogP contribution >= 0.6 is 27.5 Å². The second-order valence-corrected chi connectivity index (χ2v) is 7.87. The van der Waals surface area contributed by atoms with Crippen molar-refractivity contribution in [2.24, 2.45) is 0 Å². The second kappa shape index (κ2) is 6.94. The molecule has 0 saturated carbocycles. The minimum atomic E-state index is -3.49. The van der Waals surface area contributed by atoms with E-state index in [-0.39, 0.29) is 23.2 Å². The molecule has 2 aromatic rings. The van der Waals surface area contributed by atoms with Crippen molar-refractivity contribution in [1.29, 1.82) is 0 Å². The molecule has 1 amide bonds. The molecule has 0 unspecified atom stereocenters. The van der Waals surface area contributed by atoms with Gasteiger partial charge in [0.05, 0.1) is 23.5 Å². The van der Waals surface area contributed by atoms with Crippen LogP contribution in [0.4, 0.5) is 5.69 Å². The molecule has 1 aromatic heterocycles. The van der Waals surface area contributed by atoms with Gasteiger partial charge in [-0.2, -0.15) is 0 Å². The highest BCUT2D eigenvalue weighted by molar-refractivity contribution is 9.10. The van der Waals surface area contributed by atoms with E-state index in [0.717, 1.165) is 6.26 Å². The van der Waals surface area contributed by atoms with E-state index < -0.39 is 10.0 Å². The molecule has 1 aromatic carbocycles. The Morgan fingerprint density at radius 3 is 2.61 bits per heavy atom. The van der Waals surface area contributed by atoms with Crippen LogP contribution in [-0.2, 0) is 16.6 Å². The molecule has 124 valence electrons. The van der Waals surface area contributed by atoms with Gasteiger partial charge in [0, 0.05) is 12.6 Å². The maximum atomic E-state index is 12.4. The van der Waals surface area contributed by atoms with Crippen LogP contribution < -0.4 is 4.72 Å². The Hall–Kier alpha value is -1.51. The normalized spacial score (nSPS) is 11.3. The van der Waals surface area contributed by atoms with E-state index in [1.165, 1.54) is 23.1 Å². The van der Waals surface area contributed by atoms with Gasteiger partial charge in [0.1, 0.15) is 5.76 Å². The third-order valence-corrected chi connectivity index (χ3v) is 4.22. The fraction of sp³-hybridized carbons (Fsp3) is 0.214. The van der Waals surface area contributed by atoms with Gasteiger partial charge in [-0.1, -0.05) is 11.6 Å². The summed E-state index contributed by atoms with van der Waals surface area (Å²) in [5.41, 5.74) is 0.475. The standard InChI is InChI=1S/C14H14BrClN2O4S/c1-18(8-10-4-6-13(15)22-10)14(19)9-3-5-11(16)12(7-9)17-23(2,20)21/h3-7,17H,8H2,1-2H3. The molecule has 2 rings (SSSR count). The van der Waals surface area contributed by atoms with Crippen LogP contribution in [0, 0.1) is 0 Å². The lowest BCUT2D eigenvalue weighted by molar-refractivity contribution is 0.0775. The monoisotopic (exact) mass is 420 g/mol. The molecule has 0 atom stereocenters. The fourth-order valence-corrected chi connectivity index (χ4v) is 3.03. The summed E-state index contributed by atoms with van der Waals surface area (Å²) in [6.45, 7) is 0.280. The van der Waals surface area contributed by atoms with Crippen molar-refractivity contribution in [2.75, 3.05) is 18.0 Å². The van der Waals surface area contributed by atoms with Crippen molar-refractivity contribution in [3.63, 3.8) is 0 Å². The van der Waals surface area contributed by atoms with Gasteiger partial charge in [-0.15, -0.1) is 0 Å². The molecule has 1 N–H and O–H groups in total. The second-order valence-electron chi connectivity index (χ2n) is 4.94. The van der Waals surface area contributed by atoms with E-state index in [1.807, 2.05) is 0 Å². The topological polar surface area (TPSA) is 79.6 Å². The Morgan fingerprint density at radius 1 is 1.35 bits per heavy atom.